The summed E-state index contributed by atoms with van der Waals surface area (Å²) in [4.78, 5) is 0. The molecule has 0 bridgehead atoms. The van der Waals surface area contributed by atoms with Gasteiger partial charge in [-0.15, -0.1) is 0 Å². The zero-order valence-electron chi connectivity index (χ0n) is 10.3. The number of aromatic nitrogens is 2. The summed E-state index contributed by atoms with van der Waals surface area (Å²) < 4.78 is 1.97. The number of nitrogens with one attached hydrogen (secondary N) is 1. The van der Waals surface area contributed by atoms with Crippen LogP contribution in [0.3, 0.4) is 0 Å². The molecule has 3 N–H and O–H groups in total. The molecule has 0 saturated heterocycles. The molecule has 96 valence electrons. The predicted octanol–water partition coefficient (Wildman–Crippen LogP) is 2.50. The van der Waals surface area contributed by atoms with E-state index in [2.05, 4.69) is 17.4 Å². The maximum Gasteiger partial charge on any atom is 0.0878 e. The van der Waals surface area contributed by atoms with Crippen LogP contribution >= 0.6 is 11.6 Å². The van der Waals surface area contributed by atoms with Crippen molar-refractivity contribution in [2.45, 2.75) is 25.9 Å². The van der Waals surface area contributed by atoms with Gasteiger partial charge in [0.05, 0.1) is 11.7 Å². The van der Waals surface area contributed by atoms with E-state index in [1.165, 1.54) is 0 Å². The van der Waals surface area contributed by atoms with E-state index in [4.69, 9.17) is 17.4 Å². The van der Waals surface area contributed by atoms with Crippen molar-refractivity contribution in [2.24, 2.45) is 5.84 Å². The summed E-state index contributed by atoms with van der Waals surface area (Å²) in [7, 11) is 0. The lowest BCUT2D eigenvalue weighted by Crippen LogP contribution is -2.30. The minimum absolute atomic E-state index is 0.0729. The zero-order chi connectivity index (χ0) is 13.0. The third-order valence-electron chi connectivity index (χ3n) is 2.85. The minimum atomic E-state index is -0.0729. The van der Waals surface area contributed by atoms with Crippen molar-refractivity contribution >= 4 is 11.6 Å². The van der Waals surface area contributed by atoms with Gasteiger partial charge in [0.15, 0.2) is 0 Å². The molecule has 2 aromatic rings. The van der Waals surface area contributed by atoms with Gasteiger partial charge in [-0.3, -0.25) is 10.5 Å². The first-order valence-corrected chi connectivity index (χ1v) is 6.37. The number of hydrogen-bond donors (Lipinski definition) is 2. The smallest absolute Gasteiger partial charge is 0.0878 e. The number of nitrogens with two attached hydrogens (primary N) is 1. The Kier molecular flexibility index (Phi) is 4.36. The molecule has 1 unspecified atom stereocenters. The highest BCUT2D eigenvalue weighted by Crippen LogP contribution is 2.22. The number of halogens is 1. The van der Waals surface area contributed by atoms with Crippen molar-refractivity contribution < 1.29 is 0 Å². The van der Waals surface area contributed by atoms with E-state index < -0.39 is 0 Å². The van der Waals surface area contributed by atoms with Crippen LogP contribution in [0, 0.1) is 0 Å². The molecule has 0 aliphatic carbocycles. The summed E-state index contributed by atoms with van der Waals surface area (Å²) >= 11 is 5.90. The van der Waals surface area contributed by atoms with Gasteiger partial charge in [-0.25, -0.2) is 5.43 Å². The summed E-state index contributed by atoms with van der Waals surface area (Å²) in [5, 5.41) is 5.03. The highest BCUT2D eigenvalue weighted by Gasteiger charge is 2.16. The summed E-state index contributed by atoms with van der Waals surface area (Å²) in [5.41, 5.74) is 4.96. The third-order valence-corrected chi connectivity index (χ3v) is 3.10. The van der Waals surface area contributed by atoms with Crippen molar-refractivity contribution in [1.82, 2.24) is 15.2 Å². The summed E-state index contributed by atoms with van der Waals surface area (Å²) in [6, 6.07) is 9.57. The van der Waals surface area contributed by atoms with Gasteiger partial charge in [-0.05, 0) is 30.2 Å². The highest BCUT2D eigenvalue weighted by atomic mass is 35.5. The monoisotopic (exact) mass is 264 g/mol. The molecule has 1 aromatic heterocycles. The highest BCUT2D eigenvalue weighted by molar-refractivity contribution is 6.30. The van der Waals surface area contributed by atoms with Gasteiger partial charge in [-0.2, -0.15) is 5.10 Å². The molecule has 1 heterocycles. The van der Waals surface area contributed by atoms with E-state index in [1.54, 1.807) is 6.20 Å². The van der Waals surface area contributed by atoms with E-state index >= 15 is 0 Å². The second kappa shape index (κ2) is 6.00. The lowest BCUT2D eigenvalue weighted by Gasteiger charge is -2.18. The molecule has 0 fully saturated rings. The Balaban J connectivity index is 2.32. The Morgan fingerprint density at radius 2 is 2.06 bits per heavy atom. The summed E-state index contributed by atoms with van der Waals surface area (Å²) in [5.74, 6) is 5.68. The first-order chi connectivity index (χ1) is 8.76. The predicted molar refractivity (Wildman–Crippen MR) is 73.1 cm³/mol. The number of benzene rings is 1. The molecule has 0 radical (unpaired) electrons. The van der Waals surface area contributed by atoms with Gasteiger partial charge < -0.3 is 0 Å². The molecular formula is C13H17ClN4. The number of aryl methyl sites for hydroxylation is 1. The van der Waals surface area contributed by atoms with Crippen LogP contribution in [0.5, 0.6) is 0 Å². The molecule has 1 aromatic carbocycles. The molecule has 2 rings (SSSR count). The fourth-order valence-corrected chi connectivity index (χ4v) is 2.12. The molecule has 0 saturated carbocycles. The van der Waals surface area contributed by atoms with Gasteiger partial charge in [0.1, 0.15) is 0 Å². The Bertz CT molecular complexity index is 492. The van der Waals surface area contributed by atoms with E-state index in [1.807, 2.05) is 35.0 Å². The molecule has 0 spiro atoms. The Morgan fingerprint density at radius 1 is 1.33 bits per heavy atom. The standard InChI is InChI=1S/C13H17ClN4/c1-2-9-18-12(7-8-16-18)13(17-15)10-3-5-11(14)6-4-10/h3-8,13,17H,2,9,15H2,1H3. The van der Waals surface area contributed by atoms with Gasteiger partial charge in [0.25, 0.3) is 0 Å². The maximum absolute atomic E-state index is 5.90. The van der Waals surface area contributed by atoms with Crippen molar-refractivity contribution in [3.05, 3.63) is 52.8 Å². The SMILES string of the molecule is CCCn1nccc1C(NN)c1ccc(Cl)cc1. The van der Waals surface area contributed by atoms with Crippen molar-refractivity contribution in [3.8, 4) is 0 Å². The second-order valence-corrected chi connectivity index (χ2v) is 4.57. The molecule has 0 aliphatic rings. The molecule has 4 nitrogen and oxygen atoms in total. The van der Waals surface area contributed by atoms with Crippen molar-refractivity contribution in [3.63, 3.8) is 0 Å². The average Bonchev–Trinajstić information content (AvgIpc) is 2.82. The van der Waals surface area contributed by atoms with Crippen LogP contribution in [-0.4, -0.2) is 9.78 Å². The average molecular weight is 265 g/mol. The first-order valence-electron chi connectivity index (χ1n) is 5.99. The third kappa shape index (κ3) is 2.72. The quantitative estimate of drug-likeness (QED) is 0.644. The number of rotatable bonds is 5. The number of hydrogen-bond acceptors (Lipinski definition) is 3. The zero-order valence-corrected chi connectivity index (χ0v) is 11.1. The number of nitrogens with zero attached hydrogens (tertiary/aromatic N) is 2. The Labute approximate surface area is 112 Å². The van der Waals surface area contributed by atoms with E-state index in [0.29, 0.717) is 0 Å². The Morgan fingerprint density at radius 3 is 2.67 bits per heavy atom. The molecule has 0 amide bonds. The minimum Gasteiger partial charge on any atom is -0.271 e. The lowest BCUT2D eigenvalue weighted by atomic mass is 10.0. The fraction of sp³-hybridized carbons (Fsp3) is 0.308. The number of hydrazine groups is 1. The van der Waals surface area contributed by atoms with Gasteiger partial charge in [-0.1, -0.05) is 30.7 Å². The van der Waals surface area contributed by atoms with Crippen LogP contribution in [0.25, 0.3) is 0 Å². The molecule has 5 heteroatoms. The lowest BCUT2D eigenvalue weighted by molar-refractivity contribution is 0.521. The maximum atomic E-state index is 5.90. The van der Waals surface area contributed by atoms with E-state index in [-0.39, 0.29) is 6.04 Å². The van der Waals surface area contributed by atoms with Crippen LogP contribution in [0.2, 0.25) is 5.02 Å². The van der Waals surface area contributed by atoms with Gasteiger partial charge in [0, 0.05) is 17.8 Å². The van der Waals surface area contributed by atoms with Crippen LogP contribution in [0.1, 0.15) is 30.6 Å². The molecular weight excluding hydrogens is 248 g/mol. The Hall–Kier alpha value is -1.36. The van der Waals surface area contributed by atoms with Crippen molar-refractivity contribution in [2.75, 3.05) is 0 Å². The van der Waals surface area contributed by atoms with E-state index in [0.717, 1.165) is 29.2 Å². The van der Waals surface area contributed by atoms with Crippen molar-refractivity contribution in [1.29, 1.82) is 0 Å². The molecule has 18 heavy (non-hydrogen) atoms. The summed E-state index contributed by atoms with van der Waals surface area (Å²) in [6.45, 7) is 3.01. The van der Waals surface area contributed by atoms with Crippen LogP contribution < -0.4 is 11.3 Å². The van der Waals surface area contributed by atoms with Crippen LogP contribution in [0.4, 0.5) is 0 Å². The van der Waals surface area contributed by atoms with Crippen LogP contribution in [0.15, 0.2) is 36.5 Å². The van der Waals surface area contributed by atoms with Gasteiger partial charge in [0.2, 0.25) is 0 Å². The van der Waals surface area contributed by atoms with Gasteiger partial charge >= 0.3 is 0 Å². The van der Waals surface area contributed by atoms with Crippen LogP contribution in [-0.2, 0) is 6.54 Å². The topological polar surface area (TPSA) is 55.9 Å². The second-order valence-electron chi connectivity index (χ2n) is 4.13. The molecule has 0 aliphatic heterocycles. The molecule has 1 atom stereocenters. The fourth-order valence-electron chi connectivity index (χ4n) is 1.99. The largest absolute Gasteiger partial charge is 0.271 e. The van der Waals surface area contributed by atoms with E-state index in [9.17, 15) is 0 Å². The normalized spacial score (nSPS) is 12.6. The first kappa shape index (κ1) is 13.1. The summed E-state index contributed by atoms with van der Waals surface area (Å²) in [6.07, 6.45) is 2.83.